The molecular weight excluding hydrogens is 276 g/mol. The van der Waals surface area contributed by atoms with Gasteiger partial charge in [0.2, 0.25) is 0 Å². The van der Waals surface area contributed by atoms with Crippen LogP contribution in [0.5, 0.6) is 0 Å². The van der Waals surface area contributed by atoms with Crippen LogP contribution in [0, 0.1) is 17.8 Å². The van der Waals surface area contributed by atoms with Gasteiger partial charge in [0, 0.05) is 12.8 Å². The molecule has 6 atom stereocenters. The van der Waals surface area contributed by atoms with Crippen molar-refractivity contribution in [3.63, 3.8) is 0 Å². The summed E-state index contributed by atoms with van der Waals surface area (Å²) in [4.78, 5) is 22.4. The van der Waals surface area contributed by atoms with Gasteiger partial charge in [-0.25, -0.2) is 4.79 Å². The number of hydrogen-bond acceptors (Lipinski definition) is 6. The van der Waals surface area contributed by atoms with Gasteiger partial charge in [-0.2, -0.15) is 0 Å². The first-order chi connectivity index (χ1) is 9.77. The lowest BCUT2D eigenvalue weighted by Gasteiger charge is -2.43. The van der Waals surface area contributed by atoms with Crippen LogP contribution in [0.4, 0.5) is 0 Å². The largest absolute Gasteiger partial charge is 0.467 e. The van der Waals surface area contributed by atoms with Crippen LogP contribution < -0.4 is 0 Å². The molecule has 6 heteroatoms. The quantitative estimate of drug-likeness (QED) is 0.721. The van der Waals surface area contributed by atoms with Gasteiger partial charge in [0.25, 0.3) is 0 Å². The van der Waals surface area contributed by atoms with E-state index in [1.165, 1.54) is 14.0 Å². The second-order valence-corrected chi connectivity index (χ2v) is 5.72. The van der Waals surface area contributed by atoms with Crippen molar-refractivity contribution in [3.8, 4) is 0 Å². The van der Waals surface area contributed by atoms with Gasteiger partial charge in [-0.1, -0.05) is 20.8 Å². The Bertz CT molecular complexity index is 369. The van der Waals surface area contributed by atoms with E-state index in [0.29, 0.717) is 5.92 Å². The molecule has 6 nitrogen and oxygen atoms in total. The number of esters is 2. The monoisotopic (exact) mass is 302 g/mol. The zero-order chi connectivity index (χ0) is 16.2. The molecule has 1 saturated heterocycles. The first-order valence-corrected chi connectivity index (χ1v) is 7.30. The highest BCUT2D eigenvalue weighted by atomic mass is 16.7. The maximum absolute atomic E-state index is 11.5. The Morgan fingerprint density at radius 2 is 1.76 bits per heavy atom. The molecule has 3 unspecified atom stereocenters. The minimum absolute atomic E-state index is 0.126. The number of methoxy groups -OCH3 is 1. The molecule has 0 saturated carbocycles. The third kappa shape index (κ3) is 4.68. The van der Waals surface area contributed by atoms with Crippen LogP contribution in [0.3, 0.4) is 0 Å². The van der Waals surface area contributed by atoms with Gasteiger partial charge in [-0.3, -0.25) is 4.79 Å². The molecule has 1 aliphatic rings. The Labute approximate surface area is 126 Å². The van der Waals surface area contributed by atoms with Crippen molar-refractivity contribution in [2.75, 3.05) is 13.7 Å². The van der Waals surface area contributed by atoms with Crippen LogP contribution in [0.15, 0.2) is 0 Å². The van der Waals surface area contributed by atoms with Gasteiger partial charge in [0.15, 0.2) is 12.4 Å². The zero-order valence-electron chi connectivity index (χ0n) is 13.6. The minimum Gasteiger partial charge on any atom is -0.467 e. The highest BCUT2D eigenvalue weighted by molar-refractivity contribution is 5.73. The van der Waals surface area contributed by atoms with Crippen molar-refractivity contribution >= 4 is 11.9 Å². The van der Waals surface area contributed by atoms with Crippen molar-refractivity contribution in [2.24, 2.45) is 17.8 Å². The second kappa shape index (κ2) is 7.75. The van der Waals surface area contributed by atoms with Gasteiger partial charge in [0.05, 0.1) is 13.2 Å². The number of rotatable bonds is 5. The van der Waals surface area contributed by atoms with Crippen LogP contribution in [-0.2, 0) is 28.5 Å². The van der Waals surface area contributed by atoms with Gasteiger partial charge in [-0.05, 0) is 18.8 Å². The smallest absolute Gasteiger partial charge is 0.334 e. The summed E-state index contributed by atoms with van der Waals surface area (Å²) in [6, 6.07) is 0. The van der Waals surface area contributed by atoms with Crippen molar-refractivity contribution in [2.45, 2.75) is 53.1 Å². The van der Waals surface area contributed by atoms with E-state index in [0.717, 1.165) is 0 Å². The molecule has 0 aromatic rings. The fourth-order valence-electron chi connectivity index (χ4n) is 2.45. The zero-order valence-corrected chi connectivity index (χ0v) is 13.6. The van der Waals surface area contributed by atoms with E-state index >= 15 is 0 Å². The number of ether oxygens (including phenoxy) is 4. The highest BCUT2D eigenvalue weighted by Crippen LogP contribution is 2.36. The topological polar surface area (TPSA) is 71.1 Å². The minimum atomic E-state index is -0.697. The predicted octanol–water partition coefficient (Wildman–Crippen LogP) is 1.76. The molecule has 1 heterocycles. The summed E-state index contributed by atoms with van der Waals surface area (Å²) in [5.74, 6) is -0.103. The maximum Gasteiger partial charge on any atom is 0.334 e. The molecule has 0 bridgehead atoms. The fraction of sp³-hybridized carbons (Fsp3) is 0.867. The Morgan fingerprint density at radius 1 is 1.14 bits per heavy atom. The average Bonchev–Trinajstić information content (AvgIpc) is 2.45. The van der Waals surface area contributed by atoms with Gasteiger partial charge in [0.1, 0.15) is 6.61 Å². The Morgan fingerprint density at radius 3 is 2.29 bits per heavy atom. The fourth-order valence-corrected chi connectivity index (χ4v) is 2.45. The molecule has 21 heavy (non-hydrogen) atoms. The Kier molecular flexibility index (Phi) is 6.61. The summed E-state index contributed by atoms with van der Waals surface area (Å²) in [7, 11) is 1.32. The van der Waals surface area contributed by atoms with E-state index in [4.69, 9.17) is 14.2 Å². The summed E-state index contributed by atoms with van der Waals surface area (Å²) in [6.07, 6.45) is -1.46. The van der Waals surface area contributed by atoms with E-state index < -0.39 is 18.4 Å². The molecule has 0 aromatic carbocycles. The Hall–Kier alpha value is -1.14. The van der Waals surface area contributed by atoms with E-state index in [2.05, 4.69) is 18.6 Å². The predicted molar refractivity (Wildman–Crippen MR) is 75.3 cm³/mol. The van der Waals surface area contributed by atoms with E-state index in [1.54, 1.807) is 6.92 Å². The van der Waals surface area contributed by atoms with E-state index in [1.807, 2.05) is 6.92 Å². The van der Waals surface area contributed by atoms with Crippen LogP contribution in [0.2, 0.25) is 0 Å². The van der Waals surface area contributed by atoms with Crippen molar-refractivity contribution in [3.05, 3.63) is 0 Å². The lowest BCUT2D eigenvalue weighted by atomic mass is 9.79. The first-order valence-electron chi connectivity index (χ1n) is 7.30. The van der Waals surface area contributed by atoms with E-state index in [-0.39, 0.29) is 30.5 Å². The van der Waals surface area contributed by atoms with E-state index in [9.17, 15) is 9.59 Å². The van der Waals surface area contributed by atoms with Gasteiger partial charge in [-0.15, -0.1) is 0 Å². The standard InChI is InChI=1S/C15H26O6/c1-8-9(2)13(7-19-12(5)16)21-15(10(8)3)20-11(4)14(17)18-6/h8-11,13,15H,7H2,1-6H3/t8-,9-,10?,11-,13?,15?/m0/s1. The maximum atomic E-state index is 11.5. The van der Waals surface area contributed by atoms with Crippen LogP contribution >= 0.6 is 0 Å². The van der Waals surface area contributed by atoms with Crippen molar-refractivity contribution in [1.29, 1.82) is 0 Å². The number of carbonyl (C=O) groups is 2. The molecule has 0 radical (unpaired) electrons. The average molecular weight is 302 g/mol. The molecular formula is C15H26O6. The van der Waals surface area contributed by atoms with Gasteiger partial charge >= 0.3 is 11.9 Å². The lowest BCUT2D eigenvalue weighted by Crippen LogP contribution is -2.49. The summed E-state index contributed by atoms with van der Waals surface area (Å²) in [5, 5.41) is 0. The molecule has 0 aliphatic carbocycles. The lowest BCUT2D eigenvalue weighted by molar-refractivity contribution is -0.268. The summed E-state index contributed by atoms with van der Waals surface area (Å²) in [6.45, 7) is 9.39. The van der Waals surface area contributed by atoms with Crippen LogP contribution in [0.25, 0.3) is 0 Å². The van der Waals surface area contributed by atoms with Crippen LogP contribution in [-0.4, -0.2) is 44.2 Å². The third-order valence-corrected chi connectivity index (χ3v) is 4.31. The third-order valence-electron chi connectivity index (χ3n) is 4.31. The summed E-state index contributed by atoms with van der Waals surface area (Å²) in [5.41, 5.74) is 0. The Balaban J connectivity index is 2.70. The molecule has 0 spiro atoms. The number of carbonyl (C=O) groups excluding carboxylic acids is 2. The SMILES string of the molecule is COC(=O)[C@H](C)OC1OC(COC(C)=O)[C@@H](C)[C@H](C)C1C. The normalized spacial score (nSPS) is 34.1. The van der Waals surface area contributed by atoms with Crippen LogP contribution in [0.1, 0.15) is 34.6 Å². The van der Waals surface area contributed by atoms with Gasteiger partial charge < -0.3 is 18.9 Å². The first kappa shape index (κ1) is 17.9. The number of hydrogen-bond donors (Lipinski definition) is 0. The molecule has 0 N–H and O–H groups in total. The molecule has 1 aliphatic heterocycles. The molecule has 122 valence electrons. The van der Waals surface area contributed by atoms with Crippen molar-refractivity contribution in [1.82, 2.24) is 0 Å². The summed E-state index contributed by atoms with van der Waals surface area (Å²) >= 11 is 0. The summed E-state index contributed by atoms with van der Waals surface area (Å²) < 4.78 is 21.3. The molecule has 1 rings (SSSR count). The highest BCUT2D eigenvalue weighted by Gasteiger charge is 2.41. The molecule has 1 fully saturated rings. The second-order valence-electron chi connectivity index (χ2n) is 5.72. The van der Waals surface area contributed by atoms with Crippen molar-refractivity contribution < 1.29 is 28.5 Å². The molecule has 0 amide bonds. The molecule has 0 aromatic heterocycles.